The van der Waals surface area contributed by atoms with Gasteiger partial charge in [0, 0.05) is 12.1 Å². The zero-order chi connectivity index (χ0) is 30.5. The minimum atomic E-state index is -0.833. The Morgan fingerprint density at radius 3 is 2.48 bits per heavy atom. The first-order chi connectivity index (χ1) is 19.8. The van der Waals surface area contributed by atoms with E-state index in [2.05, 4.69) is 27.4 Å². The van der Waals surface area contributed by atoms with Crippen molar-refractivity contribution in [1.29, 1.82) is 0 Å². The second-order valence-corrected chi connectivity index (χ2v) is 12.3. The molecule has 1 aliphatic heterocycles. The van der Waals surface area contributed by atoms with Gasteiger partial charge in [-0.05, 0) is 89.8 Å². The Morgan fingerprint density at radius 2 is 1.76 bits per heavy atom. The SMILES string of the molecule is CCCCOc1ccc2cc(-c3noc([C@@H]4CCCN4/C(=N\C(=O)OC(C)(C)C)NC(=O)OC(C)(C)C)n3)ccc2c1. The fourth-order valence-electron chi connectivity index (χ4n) is 4.48. The topological polar surface area (TPSA) is 128 Å². The summed E-state index contributed by atoms with van der Waals surface area (Å²) >= 11 is 0. The molecule has 0 aliphatic carbocycles. The van der Waals surface area contributed by atoms with Gasteiger partial charge in [0.25, 0.3) is 0 Å². The van der Waals surface area contributed by atoms with Gasteiger partial charge in [-0.15, -0.1) is 4.99 Å². The second-order valence-electron chi connectivity index (χ2n) is 12.3. The zero-order valence-corrected chi connectivity index (χ0v) is 25.5. The number of carbonyl (C=O) groups is 2. The normalized spacial score (nSPS) is 16.0. The molecule has 1 aliphatic rings. The Morgan fingerprint density at radius 1 is 1.05 bits per heavy atom. The van der Waals surface area contributed by atoms with E-state index in [0.29, 0.717) is 31.3 Å². The summed E-state index contributed by atoms with van der Waals surface area (Å²) in [6.07, 6.45) is 1.94. The largest absolute Gasteiger partial charge is 0.494 e. The van der Waals surface area contributed by atoms with Crippen LogP contribution in [0.1, 0.15) is 86.1 Å². The number of benzene rings is 2. The number of unbranched alkanes of at least 4 members (excludes halogenated alkanes) is 1. The minimum absolute atomic E-state index is 0.00316. The molecule has 0 bridgehead atoms. The molecule has 4 rings (SSSR count). The summed E-state index contributed by atoms with van der Waals surface area (Å²) in [4.78, 5) is 35.8. The number of hydrogen-bond acceptors (Lipinski definition) is 8. The van der Waals surface area contributed by atoms with Crippen molar-refractivity contribution in [3.63, 3.8) is 0 Å². The Balaban J connectivity index is 1.56. The Labute approximate surface area is 246 Å². The average Bonchev–Trinajstić information content (AvgIpc) is 3.56. The van der Waals surface area contributed by atoms with Crippen LogP contribution < -0.4 is 10.1 Å². The molecule has 11 nitrogen and oxygen atoms in total. The van der Waals surface area contributed by atoms with Crippen molar-refractivity contribution < 1.29 is 28.3 Å². The number of aliphatic imine (C=N–C) groups is 1. The third-order valence-electron chi connectivity index (χ3n) is 6.29. The number of rotatable bonds is 6. The summed E-state index contributed by atoms with van der Waals surface area (Å²) < 4.78 is 22.3. The lowest BCUT2D eigenvalue weighted by molar-refractivity contribution is 0.0553. The Kier molecular flexibility index (Phi) is 9.38. The summed E-state index contributed by atoms with van der Waals surface area (Å²) in [5.41, 5.74) is -0.695. The van der Waals surface area contributed by atoms with Crippen molar-refractivity contribution in [3.05, 3.63) is 42.3 Å². The van der Waals surface area contributed by atoms with Gasteiger partial charge in [0.15, 0.2) is 0 Å². The molecule has 11 heteroatoms. The highest BCUT2D eigenvalue weighted by molar-refractivity contribution is 5.99. The molecular formula is C31H41N5O6. The number of alkyl carbamates (subject to hydrolysis) is 1. The van der Waals surface area contributed by atoms with E-state index in [1.807, 2.05) is 36.4 Å². The predicted octanol–water partition coefficient (Wildman–Crippen LogP) is 7.02. The van der Waals surface area contributed by atoms with Crippen LogP contribution in [0.4, 0.5) is 9.59 Å². The smallest absolute Gasteiger partial charge is 0.437 e. The molecule has 1 saturated heterocycles. The Bertz CT molecular complexity index is 1440. The molecule has 226 valence electrons. The zero-order valence-electron chi connectivity index (χ0n) is 25.5. The van der Waals surface area contributed by atoms with E-state index in [4.69, 9.17) is 18.7 Å². The first-order valence-corrected chi connectivity index (χ1v) is 14.4. The van der Waals surface area contributed by atoms with E-state index in [-0.39, 0.29) is 5.96 Å². The summed E-state index contributed by atoms with van der Waals surface area (Å²) in [7, 11) is 0. The molecule has 1 N–H and O–H groups in total. The first kappa shape index (κ1) is 30.8. The monoisotopic (exact) mass is 579 g/mol. The number of carbonyl (C=O) groups excluding carboxylic acids is 2. The fourth-order valence-corrected chi connectivity index (χ4v) is 4.48. The standard InChI is InChI=1S/C31H41N5O6/c1-8-9-17-39-23-15-14-20-18-22(13-12-21(20)19-23)25-32-26(42-35-25)24-11-10-16-36(24)27(33-28(37)40-30(2,3)4)34-29(38)41-31(5,6)7/h12-15,18-19,24H,8-11,16-17H2,1-7H3,(H,33,34,37,38)/t24-/m0/s1. The van der Waals surface area contributed by atoms with Crippen LogP contribution in [0, 0.1) is 0 Å². The number of likely N-dealkylation sites (tertiary alicyclic amines) is 1. The lowest BCUT2D eigenvalue weighted by Gasteiger charge is -2.27. The molecule has 1 fully saturated rings. The molecule has 2 aromatic carbocycles. The van der Waals surface area contributed by atoms with Gasteiger partial charge in [0.05, 0.1) is 6.61 Å². The molecule has 1 aromatic heterocycles. The third-order valence-corrected chi connectivity index (χ3v) is 6.29. The molecule has 1 atom stereocenters. The minimum Gasteiger partial charge on any atom is -0.494 e. The van der Waals surface area contributed by atoms with Crippen LogP contribution in [0.2, 0.25) is 0 Å². The number of fused-ring (bicyclic) bond motifs is 1. The van der Waals surface area contributed by atoms with Crippen LogP contribution >= 0.6 is 0 Å². The van der Waals surface area contributed by atoms with Crippen LogP contribution in [0.5, 0.6) is 5.75 Å². The number of guanidine groups is 1. The maximum absolute atomic E-state index is 12.7. The van der Waals surface area contributed by atoms with E-state index in [1.165, 1.54) is 0 Å². The van der Waals surface area contributed by atoms with Gasteiger partial charge >= 0.3 is 12.2 Å². The van der Waals surface area contributed by atoms with Crippen molar-refractivity contribution in [2.45, 2.75) is 91.4 Å². The molecule has 0 spiro atoms. The average molecular weight is 580 g/mol. The van der Waals surface area contributed by atoms with Gasteiger partial charge in [0.2, 0.25) is 17.7 Å². The molecule has 0 radical (unpaired) electrons. The van der Waals surface area contributed by atoms with Crippen molar-refractivity contribution in [3.8, 4) is 17.1 Å². The van der Waals surface area contributed by atoms with Gasteiger partial charge in [-0.25, -0.2) is 9.59 Å². The van der Waals surface area contributed by atoms with E-state index < -0.39 is 29.4 Å². The van der Waals surface area contributed by atoms with E-state index >= 15 is 0 Å². The quantitative estimate of drug-likeness (QED) is 0.186. The van der Waals surface area contributed by atoms with E-state index in [0.717, 1.165) is 41.3 Å². The summed E-state index contributed by atoms with van der Waals surface area (Å²) in [6.45, 7) is 13.8. The van der Waals surface area contributed by atoms with Gasteiger partial charge in [-0.1, -0.05) is 36.7 Å². The molecule has 0 saturated carbocycles. The Hall–Kier alpha value is -4.15. The van der Waals surface area contributed by atoms with Gasteiger partial charge in [0.1, 0.15) is 23.0 Å². The molecule has 2 heterocycles. The van der Waals surface area contributed by atoms with Crippen LogP contribution in [0.3, 0.4) is 0 Å². The van der Waals surface area contributed by atoms with Crippen LogP contribution in [0.15, 0.2) is 45.9 Å². The number of hydrogen-bond donors (Lipinski definition) is 1. The molecule has 0 unspecified atom stereocenters. The molecule has 2 amide bonds. The van der Waals surface area contributed by atoms with Crippen molar-refractivity contribution in [2.24, 2.45) is 4.99 Å². The highest BCUT2D eigenvalue weighted by Crippen LogP contribution is 2.33. The maximum atomic E-state index is 12.7. The molecule has 42 heavy (non-hydrogen) atoms. The van der Waals surface area contributed by atoms with Gasteiger partial charge < -0.3 is 23.6 Å². The lowest BCUT2D eigenvalue weighted by Crippen LogP contribution is -2.46. The van der Waals surface area contributed by atoms with E-state index in [1.54, 1.807) is 46.4 Å². The summed E-state index contributed by atoms with van der Waals surface area (Å²) in [5, 5.41) is 8.94. The third kappa shape index (κ3) is 8.43. The number of aromatic nitrogens is 2. The number of nitrogens with zero attached hydrogens (tertiary/aromatic N) is 4. The molecule has 3 aromatic rings. The van der Waals surface area contributed by atoms with Crippen molar-refractivity contribution in [2.75, 3.05) is 13.2 Å². The summed E-state index contributed by atoms with van der Waals surface area (Å²) in [5.74, 6) is 1.64. The van der Waals surface area contributed by atoms with Crippen molar-refractivity contribution >= 4 is 28.9 Å². The number of nitrogens with one attached hydrogen (secondary N) is 1. The second kappa shape index (κ2) is 12.8. The highest BCUT2D eigenvalue weighted by Gasteiger charge is 2.35. The van der Waals surface area contributed by atoms with Gasteiger partial charge in [-0.3, -0.25) is 5.32 Å². The van der Waals surface area contributed by atoms with Crippen LogP contribution in [-0.4, -0.2) is 57.5 Å². The number of amides is 2. The first-order valence-electron chi connectivity index (χ1n) is 14.4. The van der Waals surface area contributed by atoms with Crippen LogP contribution in [0.25, 0.3) is 22.2 Å². The van der Waals surface area contributed by atoms with Gasteiger partial charge in [-0.2, -0.15) is 4.98 Å². The summed E-state index contributed by atoms with van der Waals surface area (Å²) in [6, 6.07) is 11.5. The lowest BCUT2D eigenvalue weighted by atomic mass is 10.1. The van der Waals surface area contributed by atoms with Crippen molar-refractivity contribution in [1.82, 2.24) is 20.4 Å². The predicted molar refractivity (Wildman–Crippen MR) is 159 cm³/mol. The maximum Gasteiger partial charge on any atom is 0.437 e. The fraction of sp³-hybridized carbons (Fsp3) is 0.516. The molecular weight excluding hydrogens is 538 g/mol. The highest BCUT2D eigenvalue weighted by atomic mass is 16.6. The van der Waals surface area contributed by atoms with E-state index in [9.17, 15) is 9.59 Å². The van der Waals surface area contributed by atoms with Crippen LogP contribution in [-0.2, 0) is 9.47 Å². The number of ether oxygens (including phenoxy) is 3.